The van der Waals surface area contributed by atoms with Gasteiger partial charge in [-0.2, -0.15) is 0 Å². The highest BCUT2D eigenvalue weighted by molar-refractivity contribution is 7.17. The fraction of sp³-hybridized carbons (Fsp3) is 0.281. The maximum absolute atomic E-state index is 13.8. The van der Waals surface area contributed by atoms with Crippen LogP contribution in [0.4, 0.5) is 5.13 Å². The van der Waals surface area contributed by atoms with Gasteiger partial charge in [0.05, 0.1) is 29.6 Å². The van der Waals surface area contributed by atoms with Crippen molar-refractivity contribution in [3.63, 3.8) is 0 Å². The molecule has 11 heteroatoms. The van der Waals surface area contributed by atoms with E-state index in [-0.39, 0.29) is 27.9 Å². The summed E-state index contributed by atoms with van der Waals surface area (Å²) in [5.74, 6) is -1.75. The quantitative estimate of drug-likeness (QED) is 0.0796. The smallest absolute Gasteiger partial charge is 0.350 e. The third-order valence-electron chi connectivity index (χ3n) is 7.02. The largest absolute Gasteiger partial charge is 0.505 e. The molecule has 222 valence electrons. The maximum atomic E-state index is 13.8. The lowest BCUT2D eigenvalue weighted by Gasteiger charge is -2.23. The van der Waals surface area contributed by atoms with E-state index >= 15 is 0 Å². The molecule has 1 saturated heterocycles. The molecule has 0 spiro atoms. The lowest BCUT2D eigenvalue weighted by molar-refractivity contribution is -0.132. The Kier molecular flexibility index (Phi) is 8.45. The summed E-state index contributed by atoms with van der Waals surface area (Å²) < 4.78 is 12.8. The van der Waals surface area contributed by atoms with Crippen molar-refractivity contribution in [2.45, 2.75) is 40.2 Å². The number of Topliss-reactive ketones (excluding diaryl/α,β-unsaturated/α-hetero) is 1. The number of imidazole rings is 1. The van der Waals surface area contributed by atoms with Crippen molar-refractivity contribution in [3.8, 4) is 5.75 Å². The number of fused-ring (bicyclic) bond motifs is 1. The van der Waals surface area contributed by atoms with Crippen LogP contribution in [0.3, 0.4) is 0 Å². The van der Waals surface area contributed by atoms with Crippen LogP contribution in [0.15, 0.2) is 66.9 Å². The number of aryl methyl sites for hydroxylation is 2. The second-order valence-electron chi connectivity index (χ2n) is 10.5. The van der Waals surface area contributed by atoms with Crippen LogP contribution in [0, 0.1) is 19.8 Å². The van der Waals surface area contributed by atoms with Gasteiger partial charge < -0.3 is 14.6 Å². The van der Waals surface area contributed by atoms with Gasteiger partial charge in [0, 0.05) is 6.20 Å². The Morgan fingerprint density at radius 1 is 1.14 bits per heavy atom. The fourth-order valence-electron chi connectivity index (χ4n) is 4.93. The Morgan fingerprint density at radius 2 is 1.93 bits per heavy atom. The molecule has 4 heterocycles. The Bertz CT molecular complexity index is 1770. The van der Waals surface area contributed by atoms with Crippen molar-refractivity contribution < 1.29 is 29.0 Å². The van der Waals surface area contributed by atoms with E-state index in [0.717, 1.165) is 17.8 Å². The molecule has 1 fully saturated rings. The van der Waals surface area contributed by atoms with E-state index in [1.807, 2.05) is 6.07 Å². The van der Waals surface area contributed by atoms with E-state index in [2.05, 4.69) is 30.4 Å². The number of pyridine rings is 1. The topological polar surface area (TPSA) is 123 Å². The van der Waals surface area contributed by atoms with Crippen molar-refractivity contribution in [3.05, 3.63) is 94.4 Å². The molecule has 0 radical (unpaired) electrons. The summed E-state index contributed by atoms with van der Waals surface area (Å²) in [5, 5.41) is 11.9. The van der Waals surface area contributed by atoms with E-state index in [1.165, 1.54) is 11.0 Å². The Morgan fingerprint density at radius 3 is 2.67 bits per heavy atom. The molecule has 1 aliphatic heterocycles. The number of aliphatic hydroxyl groups excluding tert-OH is 1. The number of hydrogen-bond donors (Lipinski definition) is 1. The summed E-state index contributed by atoms with van der Waals surface area (Å²) in [5.41, 5.74) is 2.10. The van der Waals surface area contributed by atoms with Crippen molar-refractivity contribution in [1.29, 1.82) is 0 Å². The molecule has 0 aliphatic carbocycles. The zero-order chi connectivity index (χ0) is 30.8. The molecular weight excluding hydrogens is 568 g/mol. The number of nitrogens with zero attached hydrogens (tertiary/aromatic N) is 4. The summed E-state index contributed by atoms with van der Waals surface area (Å²) in [6.07, 6.45) is 4.02. The van der Waals surface area contributed by atoms with Gasteiger partial charge in [0.2, 0.25) is 0 Å². The van der Waals surface area contributed by atoms with Crippen LogP contribution >= 0.6 is 11.3 Å². The standard InChI is InChI=1S/C32H32N4O6S/c1-6-15-42-31(40)29-20(5)34-32(43-29)36-26(21-10-9-11-22(17-21)41-16-13-18(2)3)24(28(38)30(36)39)27(37)25-19(4)33-23-12-7-8-14-35(23)25/h6-12,14,17-18,26,37H,1,13,15-16H2,2-5H3/b27-24+. The summed E-state index contributed by atoms with van der Waals surface area (Å²) in [4.78, 5) is 50.6. The lowest BCUT2D eigenvalue weighted by Crippen LogP contribution is -2.29. The number of thiazole rings is 1. The molecule has 1 atom stereocenters. The average Bonchev–Trinajstić information content (AvgIpc) is 3.61. The number of carbonyl (C=O) groups excluding carboxylic acids is 3. The first kappa shape index (κ1) is 29.7. The normalized spacial score (nSPS) is 16.3. The number of ketones is 1. The number of carbonyl (C=O) groups is 3. The molecular formula is C32H32N4O6S. The monoisotopic (exact) mass is 600 g/mol. The van der Waals surface area contributed by atoms with E-state index in [4.69, 9.17) is 9.47 Å². The Hall–Kier alpha value is -4.77. The van der Waals surface area contributed by atoms with Crippen molar-refractivity contribution in [2.24, 2.45) is 5.92 Å². The summed E-state index contributed by atoms with van der Waals surface area (Å²) in [6.45, 7) is 11.6. The molecule has 10 nitrogen and oxygen atoms in total. The van der Waals surface area contributed by atoms with Gasteiger partial charge in [-0.05, 0) is 56.0 Å². The fourth-order valence-corrected chi connectivity index (χ4v) is 5.92. The minimum absolute atomic E-state index is 0.0122. The summed E-state index contributed by atoms with van der Waals surface area (Å²) in [6, 6.07) is 11.4. The highest BCUT2D eigenvalue weighted by Gasteiger charge is 2.49. The first-order valence-corrected chi connectivity index (χ1v) is 14.7. The van der Waals surface area contributed by atoms with Crippen molar-refractivity contribution >= 4 is 45.5 Å². The van der Waals surface area contributed by atoms with Crippen LogP contribution in [0.5, 0.6) is 5.75 Å². The molecule has 1 unspecified atom stereocenters. The molecule has 0 saturated carbocycles. The molecule has 43 heavy (non-hydrogen) atoms. The second kappa shape index (κ2) is 12.2. The van der Waals surface area contributed by atoms with Crippen LogP contribution in [0.25, 0.3) is 11.4 Å². The number of aliphatic hydroxyl groups is 1. The maximum Gasteiger partial charge on any atom is 0.350 e. The zero-order valence-electron chi connectivity index (χ0n) is 24.4. The molecule has 1 aliphatic rings. The predicted molar refractivity (Wildman–Crippen MR) is 163 cm³/mol. The molecule has 5 rings (SSSR count). The molecule has 1 aromatic carbocycles. The van der Waals surface area contributed by atoms with Crippen molar-refractivity contribution in [1.82, 2.24) is 14.4 Å². The van der Waals surface area contributed by atoms with Crippen LogP contribution in [-0.2, 0) is 14.3 Å². The minimum Gasteiger partial charge on any atom is -0.505 e. The first-order valence-electron chi connectivity index (χ1n) is 13.9. The average molecular weight is 601 g/mol. The van der Waals surface area contributed by atoms with Crippen LogP contribution in [0.1, 0.15) is 58.6 Å². The molecule has 0 bridgehead atoms. The van der Waals surface area contributed by atoms with Crippen LogP contribution in [-0.4, -0.2) is 50.3 Å². The number of anilines is 1. The highest BCUT2D eigenvalue weighted by atomic mass is 32.1. The van der Waals surface area contributed by atoms with Gasteiger partial charge >= 0.3 is 11.9 Å². The third kappa shape index (κ3) is 5.68. The van der Waals surface area contributed by atoms with E-state index in [9.17, 15) is 19.5 Å². The van der Waals surface area contributed by atoms with Crippen LogP contribution in [0.2, 0.25) is 0 Å². The number of ether oxygens (including phenoxy) is 2. The van der Waals surface area contributed by atoms with Gasteiger partial charge in [-0.25, -0.2) is 14.8 Å². The predicted octanol–water partition coefficient (Wildman–Crippen LogP) is 5.80. The van der Waals surface area contributed by atoms with Gasteiger partial charge in [-0.15, -0.1) is 0 Å². The number of aromatic nitrogens is 3. The molecule has 1 N–H and O–H groups in total. The van der Waals surface area contributed by atoms with E-state index < -0.39 is 23.7 Å². The Balaban J connectivity index is 1.68. The number of benzene rings is 1. The van der Waals surface area contributed by atoms with Crippen molar-refractivity contribution in [2.75, 3.05) is 18.1 Å². The number of amides is 1. The second-order valence-corrected chi connectivity index (χ2v) is 11.5. The van der Waals surface area contributed by atoms with Gasteiger partial charge in [-0.3, -0.25) is 18.9 Å². The minimum atomic E-state index is -1.06. The lowest BCUT2D eigenvalue weighted by atomic mass is 9.96. The summed E-state index contributed by atoms with van der Waals surface area (Å²) >= 11 is 0.938. The van der Waals surface area contributed by atoms with E-state index in [1.54, 1.807) is 60.8 Å². The number of esters is 1. The third-order valence-corrected chi connectivity index (χ3v) is 8.16. The SMILES string of the molecule is C=CCOC(=O)c1sc(N2C(=O)C(=O)/C(=C(/O)c3c(C)nc4ccccn34)C2c2cccc(OCCC(C)C)c2)nc1C. The molecule has 1 amide bonds. The van der Waals surface area contributed by atoms with E-state index in [0.29, 0.717) is 46.6 Å². The number of hydrogen-bond acceptors (Lipinski definition) is 9. The number of rotatable bonds is 10. The highest BCUT2D eigenvalue weighted by Crippen LogP contribution is 2.45. The van der Waals surface area contributed by atoms with Crippen LogP contribution < -0.4 is 9.64 Å². The van der Waals surface area contributed by atoms with Gasteiger partial charge in [0.1, 0.15) is 28.6 Å². The Labute approximate surface area is 252 Å². The molecule has 4 aromatic rings. The van der Waals surface area contributed by atoms with Gasteiger partial charge in [0.15, 0.2) is 10.9 Å². The summed E-state index contributed by atoms with van der Waals surface area (Å²) in [7, 11) is 0. The van der Waals surface area contributed by atoms with Gasteiger partial charge in [0.25, 0.3) is 5.78 Å². The van der Waals surface area contributed by atoms with Gasteiger partial charge in [-0.1, -0.05) is 56.0 Å². The first-order chi connectivity index (χ1) is 20.6. The zero-order valence-corrected chi connectivity index (χ0v) is 25.2. The molecule has 3 aromatic heterocycles.